The zero-order valence-electron chi connectivity index (χ0n) is 15.3. The van der Waals surface area contributed by atoms with Crippen molar-refractivity contribution in [3.8, 4) is 11.1 Å². The first kappa shape index (κ1) is 17.0. The number of amides is 1. The monoisotopic (exact) mass is 356 g/mol. The van der Waals surface area contributed by atoms with Crippen molar-refractivity contribution < 1.29 is 9.21 Å². The van der Waals surface area contributed by atoms with Gasteiger partial charge in [-0.3, -0.25) is 9.78 Å². The highest BCUT2D eigenvalue weighted by molar-refractivity contribution is 5.99. The maximum Gasteiger partial charge on any atom is 0.254 e. The number of fused-ring (bicyclic) bond motifs is 1. The lowest BCUT2D eigenvalue weighted by Crippen LogP contribution is -2.25. The largest absolute Gasteiger partial charge is 0.464 e. The summed E-state index contributed by atoms with van der Waals surface area (Å²) < 4.78 is 5.57. The quantitative estimate of drug-likeness (QED) is 0.512. The summed E-state index contributed by atoms with van der Waals surface area (Å²) in [6.07, 6.45) is 3.58. The molecule has 0 spiro atoms. The third-order valence-electron chi connectivity index (χ3n) is 4.64. The molecule has 27 heavy (non-hydrogen) atoms. The molecular formula is C23H20N2O2. The van der Waals surface area contributed by atoms with Crippen molar-refractivity contribution in [3.05, 3.63) is 90.1 Å². The molecule has 0 unspecified atom stereocenters. The van der Waals surface area contributed by atoms with E-state index in [1.165, 1.54) is 0 Å². The van der Waals surface area contributed by atoms with E-state index in [1.54, 1.807) is 24.3 Å². The number of nitrogens with zero attached hydrogens (tertiary/aromatic N) is 2. The molecule has 2 aromatic carbocycles. The number of hydrogen-bond donors (Lipinski definition) is 0. The summed E-state index contributed by atoms with van der Waals surface area (Å²) in [5.74, 6) is 1.61. The molecule has 0 fully saturated rings. The second-order valence-electron chi connectivity index (χ2n) is 6.69. The molecule has 4 aromatic rings. The number of aromatic nitrogens is 1. The van der Waals surface area contributed by atoms with Gasteiger partial charge in [-0.2, -0.15) is 0 Å². The fourth-order valence-electron chi connectivity index (χ4n) is 3.20. The van der Waals surface area contributed by atoms with Gasteiger partial charge in [0.15, 0.2) is 0 Å². The van der Waals surface area contributed by atoms with Gasteiger partial charge in [0.05, 0.1) is 6.54 Å². The number of furan rings is 1. The number of carbonyl (C=O) groups excluding carboxylic acids is 1. The van der Waals surface area contributed by atoms with Gasteiger partial charge in [0.1, 0.15) is 11.5 Å². The second kappa shape index (κ2) is 7.08. The molecule has 1 amide bonds. The molecule has 4 rings (SSSR count). The molecule has 0 saturated carbocycles. The zero-order valence-corrected chi connectivity index (χ0v) is 15.3. The Balaban J connectivity index is 1.58. The van der Waals surface area contributed by atoms with Gasteiger partial charge >= 0.3 is 0 Å². The Morgan fingerprint density at radius 2 is 1.67 bits per heavy atom. The predicted octanol–water partition coefficient (Wildman–Crippen LogP) is 5.08. The summed E-state index contributed by atoms with van der Waals surface area (Å²) >= 11 is 0. The maximum atomic E-state index is 12.8. The Bertz CT molecular complexity index is 1100. The van der Waals surface area contributed by atoms with Gasteiger partial charge in [0, 0.05) is 25.0 Å². The fraction of sp³-hybridized carbons (Fsp3) is 0.130. The van der Waals surface area contributed by atoms with E-state index in [0.29, 0.717) is 12.1 Å². The zero-order chi connectivity index (χ0) is 18.8. The topological polar surface area (TPSA) is 46.3 Å². The molecule has 2 aromatic heterocycles. The van der Waals surface area contributed by atoms with Crippen LogP contribution in [0, 0.1) is 6.92 Å². The van der Waals surface area contributed by atoms with Crippen LogP contribution in [0.4, 0.5) is 0 Å². The molecule has 0 saturated heterocycles. The minimum atomic E-state index is -0.0239. The average molecular weight is 356 g/mol. The Morgan fingerprint density at radius 1 is 0.926 bits per heavy atom. The summed E-state index contributed by atoms with van der Waals surface area (Å²) in [5.41, 5.74) is 2.93. The number of rotatable bonds is 4. The summed E-state index contributed by atoms with van der Waals surface area (Å²) in [6, 6.07) is 19.9. The number of pyridine rings is 1. The third-order valence-corrected chi connectivity index (χ3v) is 4.64. The highest BCUT2D eigenvalue weighted by Crippen LogP contribution is 2.25. The normalized spacial score (nSPS) is 10.9. The van der Waals surface area contributed by atoms with Crippen molar-refractivity contribution in [1.82, 2.24) is 9.88 Å². The van der Waals surface area contributed by atoms with Gasteiger partial charge in [0.25, 0.3) is 5.91 Å². The number of carbonyl (C=O) groups is 1. The van der Waals surface area contributed by atoms with Gasteiger partial charge in [-0.25, -0.2) is 0 Å². The van der Waals surface area contributed by atoms with Crippen LogP contribution >= 0.6 is 0 Å². The standard InChI is InChI=1S/C23H20N2O2/c1-16-3-8-22(27-16)15-25(2)23(26)21-7-6-19-13-18(4-5-20(19)14-21)17-9-11-24-12-10-17/h3-14H,15H2,1-2H3. The van der Waals surface area contributed by atoms with Crippen LogP contribution in [0.1, 0.15) is 21.9 Å². The van der Waals surface area contributed by atoms with Gasteiger partial charge < -0.3 is 9.32 Å². The lowest BCUT2D eigenvalue weighted by Gasteiger charge is -2.16. The van der Waals surface area contributed by atoms with Crippen molar-refractivity contribution in [2.45, 2.75) is 13.5 Å². The highest BCUT2D eigenvalue weighted by Gasteiger charge is 2.14. The first-order valence-corrected chi connectivity index (χ1v) is 8.85. The molecule has 0 aliphatic heterocycles. The minimum Gasteiger partial charge on any atom is -0.464 e. The van der Waals surface area contributed by atoms with E-state index in [4.69, 9.17) is 4.42 Å². The van der Waals surface area contributed by atoms with Crippen LogP contribution in [0.2, 0.25) is 0 Å². The van der Waals surface area contributed by atoms with Crippen molar-refractivity contribution in [3.63, 3.8) is 0 Å². The van der Waals surface area contributed by atoms with E-state index in [-0.39, 0.29) is 5.91 Å². The van der Waals surface area contributed by atoms with Crippen molar-refractivity contribution >= 4 is 16.7 Å². The van der Waals surface area contributed by atoms with Crippen LogP contribution in [0.25, 0.3) is 21.9 Å². The van der Waals surface area contributed by atoms with Gasteiger partial charge in [-0.1, -0.05) is 18.2 Å². The number of benzene rings is 2. The van der Waals surface area contributed by atoms with E-state index in [0.717, 1.165) is 33.4 Å². The van der Waals surface area contributed by atoms with Crippen LogP contribution in [-0.4, -0.2) is 22.8 Å². The van der Waals surface area contributed by atoms with Crippen LogP contribution in [0.15, 0.2) is 77.5 Å². The molecule has 0 N–H and O–H groups in total. The lowest BCUT2D eigenvalue weighted by molar-refractivity contribution is 0.0775. The van der Waals surface area contributed by atoms with E-state index in [9.17, 15) is 4.79 Å². The number of hydrogen-bond acceptors (Lipinski definition) is 3. The van der Waals surface area contributed by atoms with Crippen molar-refractivity contribution in [1.29, 1.82) is 0 Å². The minimum absolute atomic E-state index is 0.0239. The molecule has 0 aliphatic rings. The smallest absolute Gasteiger partial charge is 0.254 e. The molecule has 0 atom stereocenters. The van der Waals surface area contributed by atoms with E-state index >= 15 is 0 Å². The Morgan fingerprint density at radius 3 is 2.41 bits per heavy atom. The van der Waals surface area contributed by atoms with Crippen LogP contribution in [0.5, 0.6) is 0 Å². The van der Waals surface area contributed by atoms with Crippen molar-refractivity contribution in [2.75, 3.05) is 7.05 Å². The Hall–Kier alpha value is -3.40. The molecule has 0 radical (unpaired) electrons. The molecule has 0 aliphatic carbocycles. The van der Waals surface area contributed by atoms with Crippen LogP contribution in [-0.2, 0) is 6.54 Å². The Labute approximate surface area is 158 Å². The molecule has 2 heterocycles. The second-order valence-corrected chi connectivity index (χ2v) is 6.69. The summed E-state index contributed by atoms with van der Waals surface area (Å²) in [4.78, 5) is 18.5. The summed E-state index contributed by atoms with van der Waals surface area (Å²) in [7, 11) is 1.79. The summed E-state index contributed by atoms with van der Waals surface area (Å²) in [6.45, 7) is 2.35. The average Bonchev–Trinajstić information content (AvgIpc) is 3.11. The fourth-order valence-corrected chi connectivity index (χ4v) is 3.20. The van der Waals surface area contributed by atoms with Gasteiger partial charge in [-0.05, 0) is 71.3 Å². The maximum absolute atomic E-state index is 12.8. The molecule has 4 nitrogen and oxygen atoms in total. The predicted molar refractivity (Wildman–Crippen MR) is 106 cm³/mol. The molecule has 4 heteroatoms. The van der Waals surface area contributed by atoms with E-state index < -0.39 is 0 Å². The molecule has 0 bridgehead atoms. The van der Waals surface area contributed by atoms with Gasteiger partial charge in [-0.15, -0.1) is 0 Å². The SMILES string of the molecule is Cc1ccc(CN(C)C(=O)c2ccc3cc(-c4ccncc4)ccc3c2)o1. The third kappa shape index (κ3) is 3.60. The van der Waals surface area contributed by atoms with Gasteiger partial charge in [0.2, 0.25) is 0 Å². The lowest BCUT2D eigenvalue weighted by atomic mass is 10.0. The Kier molecular flexibility index (Phi) is 4.47. The molecular weight excluding hydrogens is 336 g/mol. The van der Waals surface area contributed by atoms with Crippen molar-refractivity contribution in [2.24, 2.45) is 0 Å². The number of aryl methyl sites for hydroxylation is 1. The van der Waals surface area contributed by atoms with Crippen LogP contribution < -0.4 is 0 Å². The van der Waals surface area contributed by atoms with E-state index in [1.807, 2.05) is 49.4 Å². The van der Waals surface area contributed by atoms with E-state index in [2.05, 4.69) is 23.2 Å². The first-order chi connectivity index (χ1) is 13.1. The highest BCUT2D eigenvalue weighted by atomic mass is 16.3. The summed E-state index contributed by atoms with van der Waals surface area (Å²) in [5, 5.41) is 2.14. The molecule has 134 valence electrons. The van der Waals surface area contributed by atoms with Crippen LogP contribution in [0.3, 0.4) is 0 Å². The first-order valence-electron chi connectivity index (χ1n) is 8.85.